The van der Waals surface area contributed by atoms with Gasteiger partial charge in [-0.2, -0.15) is 0 Å². The molecule has 0 spiro atoms. The molecule has 1 aromatic rings. The van der Waals surface area contributed by atoms with Crippen LogP contribution >= 0.6 is 0 Å². The number of benzene rings is 1. The van der Waals surface area contributed by atoms with Gasteiger partial charge in [-0.25, -0.2) is 4.79 Å². The van der Waals surface area contributed by atoms with Crippen LogP contribution in [0.15, 0.2) is 36.4 Å². The molecule has 5 saturated carbocycles. The zero-order valence-electron chi connectivity index (χ0n) is 36.1. The van der Waals surface area contributed by atoms with Gasteiger partial charge in [-0.05, 0) is 117 Å². The lowest BCUT2D eigenvalue weighted by molar-refractivity contribution is -0.251. The Labute approximate surface area is 343 Å². The van der Waals surface area contributed by atoms with Crippen LogP contribution in [0, 0.1) is 50.7 Å². The molecule has 11 nitrogen and oxygen atoms in total. The Morgan fingerprint density at radius 3 is 2.10 bits per heavy atom. The van der Waals surface area contributed by atoms with E-state index >= 15 is 0 Å². The summed E-state index contributed by atoms with van der Waals surface area (Å²) in [6, 6.07) is 9.71. The van der Waals surface area contributed by atoms with Crippen LogP contribution in [0.25, 0.3) is 6.08 Å². The highest BCUT2D eigenvalue weighted by Gasteiger charge is 2.86. The molecule has 1 aliphatic heterocycles. The van der Waals surface area contributed by atoms with Crippen LogP contribution in [0.3, 0.4) is 0 Å². The maximum Gasteiger partial charge on any atom is 0.331 e. The van der Waals surface area contributed by atoms with Crippen molar-refractivity contribution in [3.05, 3.63) is 42.0 Å². The molecule has 1 heterocycles. The minimum atomic E-state index is -1.20. The van der Waals surface area contributed by atoms with E-state index in [1.165, 1.54) is 33.8 Å². The smallest absolute Gasteiger partial charge is 0.331 e. The van der Waals surface area contributed by atoms with Crippen molar-refractivity contribution >= 4 is 35.9 Å². The molecule has 0 radical (unpaired) electrons. The quantitative estimate of drug-likeness (QED) is 0.129. The Bertz CT molecular complexity index is 1840. The van der Waals surface area contributed by atoms with E-state index in [1.54, 1.807) is 19.9 Å². The third kappa shape index (κ3) is 6.79. The second-order valence-corrected chi connectivity index (χ2v) is 20.1. The van der Waals surface area contributed by atoms with Crippen LogP contribution in [0.2, 0.25) is 0 Å². The molecule has 0 N–H and O–H groups in total. The van der Waals surface area contributed by atoms with Gasteiger partial charge in [0.1, 0.15) is 23.9 Å². The van der Waals surface area contributed by atoms with Crippen LogP contribution in [-0.4, -0.2) is 66.2 Å². The third-order valence-electron chi connectivity index (χ3n) is 16.5. The standard InChI is InChI=1S/C47H64O11/c1-27(48)53-38-25-36-42(5,6)37(57-39(52)17-16-31-14-12-11-13-15-31)20-21-44(36,9)35-19-22-46-26-47(46,45(35,38)10)23-18-33(46)32-24-34(56-41(32)55-29(3)50)40(54-28(2)49)43(7,8)58-30(4)51/h11-17,32-38,40-41H,18-26H2,1-10H3/t32-,33+,34+,35-,36+,37-,38-,40+,41-,44-,45+,46-,47-/m1/s1. The molecular formula is C47H64O11. The molecule has 0 aromatic heterocycles. The summed E-state index contributed by atoms with van der Waals surface area (Å²) in [5.74, 6) is -1.74. The van der Waals surface area contributed by atoms with E-state index < -0.39 is 42.0 Å². The Morgan fingerprint density at radius 1 is 0.776 bits per heavy atom. The number of hydrogen-bond donors (Lipinski definition) is 0. The van der Waals surface area contributed by atoms with Gasteiger partial charge >= 0.3 is 29.8 Å². The molecule has 0 unspecified atom stereocenters. The van der Waals surface area contributed by atoms with E-state index in [0.717, 1.165) is 50.5 Å². The highest BCUT2D eigenvalue weighted by molar-refractivity contribution is 5.87. The molecule has 1 saturated heterocycles. The summed E-state index contributed by atoms with van der Waals surface area (Å²) in [4.78, 5) is 63.4. The van der Waals surface area contributed by atoms with Crippen molar-refractivity contribution in [3.63, 3.8) is 0 Å². The molecule has 13 atom stereocenters. The molecule has 1 aromatic carbocycles. The summed E-state index contributed by atoms with van der Waals surface area (Å²) < 4.78 is 36.7. The van der Waals surface area contributed by atoms with E-state index in [-0.39, 0.29) is 74.9 Å². The van der Waals surface area contributed by atoms with Gasteiger partial charge in [0, 0.05) is 50.5 Å². The van der Waals surface area contributed by atoms with Crippen molar-refractivity contribution in [3.8, 4) is 0 Å². The molecule has 0 bridgehead atoms. The minimum absolute atomic E-state index is 0.0726. The van der Waals surface area contributed by atoms with Crippen molar-refractivity contribution in [1.82, 2.24) is 0 Å². The molecule has 11 heteroatoms. The molecule has 5 aliphatic carbocycles. The van der Waals surface area contributed by atoms with Gasteiger partial charge in [0.2, 0.25) is 6.29 Å². The maximum absolute atomic E-state index is 13.2. The summed E-state index contributed by atoms with van der Waals surface area (Å²) >= 11 is 0. The van der Waals surface area contributed by atoms with E-state index in [0.29, 0.717) is 12.8 Å². The van der Waals surface area contributed by atoms with E-state index in [9.17, 15) is 24.0 Å². The summed E-state index contributed by atoms with van der Waals surface area (Å²) in [5.41, 5.74) is -1.20. The second-order valence-electron chi connectivity index (χ2n) is 20.1. The molecule has 0 amide bonds. The zero-order chi connectivity index (χ0) is 42.2. The van der Waals surface area contributed by atoms with E-state index in [4.69, 9.17) is 28.4 Å². The van der Waals surface area contributed by atoms with Crippen molar-refractivity contribution in [2.24, 2.45) is 50.7 Å². The SMILES string of the molecule is CC(=O)O[C@@H]1O[C@H]([C@H](OC(C)=O)C(C)(C)OC(C)=O)C[C@@H]1[C@@H]1CC[C@]23C[C@]12CC[C@@H]1[C@@]2(C)CC[C@@H](OC(=O)C=Cc4ccccc4)C(C)(C)[C@@H]2C[C@@H](OC(C)=O)[C@]13C. The van der Waals surface area contributed by atoms with Gasteiger partial charge < -0.3 is 28.4 Å². The number of hydrogen-bond acceptors (Lipinski definition) is 11. The summed E-state index contributed by atoms with van der Waals surface area (Å²) in [6.45, 7) is 18.2. The lowest BCUT2D eigenvalue weighted by Gasteiger charge is -2.68. The average Bonchev–Trinajstić information content (AvgIpc) is 3.47. The molecule has 7 rings (SSSR count). The number of rotatable bonds is 10. The molecular weight excluding hydrogens is 741 g/mol. The first kappa shape index (κ1) is 42.4. The summed E-state index contributed by atoms with van der Waals surface area (Å²) in [6.07, 6.45) is 7.88. The van der Waals surface area contributed by atoms with Crippen LogP contribution in [-0.2, 0) is 52.4 Å². The Morgan fingerprint density at radius 2 is 1.47 bits per heavy atom. The highest BCUT2D eigenvalue weighted by Crippen LogP contribution is 2.91. The topological polar surface area (TPSA) is 141 Å². The Balaban J connectivity index is 1.17. The largest absolute Gasteiger partial charge is 0.462 e. The molecule has 6 fully saturated rings. The Kier molecular flexibility index (Phi) is 10.8. The molecule has 318 valence electrons. The third-order valence-corrected chi connectivity index (χ3v) is 16.5. The lowest BCUT2D eigenvalue weighted by atomic mass is 9.37. The zero-order valence-corrected chi connectivity index (χ0v) is 36.1. The number of ether oxygens (including phenoxy) is 6. The number of fused-ring (bicyclic) bond motifs is 3. The lowest BCUT2D eigenvalue weighted by Crippen LogP contribution is -2.67. The van der Waals surface area contributed by atoms with Crippen LogP contribution in [0.5, 0.6) is 0 Å². The number of esters is 5. The Hall–Kier alpha value is -3.73. The second kappa shape index (κ2) is 14.8. The predicted octanol–water partition coefficient (Wildman–Crippen LogP) is 8.16. The normalized spacial score (nSPS) is 40.2. The molecule has 6 aliphatic rings. The fourth-order valence-electron chi connectivity index (χ4n) is 14.5. The number of carbonyl (C=O) groups excluding carboxylic acids is 5. The van der Waals surface area contributed by atoms with Crippen molar-refractivity contribution in [2.45, 2.75) is 163 Å². The first-order valence-electron chi connectivity index (χ1n) is 21.4. The van der Waals surface area contributed by atoms with Gasteiger partial charge in [0.05, 0.1) is 0 Å². The highest BCUT2D eigenvalue weighted by atomic mass is 16.7. The first-order valence-corrected chi connectivity index (χ1v) is 21.4. The average molecular weight is 805 g/mol. The predicted molar refractivity (Wildman–Crippen MR) is 213 cm³/mol. The number of carbonyl (C=O) groups is 5. The van der Waals surface area contributed by atoms with Gasteiger partial charge in [-0.15, -0.1) is 0 Å². The van der Waals surface area contributed by atoms with Crippen molar-refractivity contribution in [1.29, 1.82) is 0 Å². The molecule has 58 heavy (non-hydrogen) atoms. The van der Waals surface area contributed by atoms with Gasteiger partial charge in [-0.3, -0.25) is 19.2 Å². The van der Waals surface area contributed by atoms with Crippen molar-refractivity contribution < 1.29 is 52.4 Å². The van der Waals surface area contributed by atoms with E-state index in [1.807, 2.05) is 30.3 Å². The minimum Gasteiger partial charge on any atom is -0.462 e. The summed E-state index contributed by atoms with van der Waals surface area (Å²) in [5, 5.41) is 0. The van der Waals surface area contributed by atoms with Crippen molar-refractivity contribution in [2.75, 3.05) is 0 Å². The van der Waals surface area contributed by atoms with Gasteiger partial charge in [-0.1, -0.05) is 58.0 Å². The monoisotopic (exact) mass is 804 g/mol. The maximum atomic E-state index is 13.2. The van der Waals surface area contributed by atoms with Gasteiger partial charge in [0.25, 0.3) is 0 Å². The fraction of sp³-hybridized carbons (Fsp3) is 0.723. The summed E-state index contributed by atoms with van der Waals surface area (Å²) in [7, 11) is 0. The van der Waals surface area contributed by atoms with Crippen LogP contribution in [0.1, 0.15) is 133 Å². The van der Waals surface area contributed by atoms with E-state index in [2.05, 4.69) is 27.7 Å². The fourth-order valence-corrected chi connectivity index (χ4v) is 14.5. The first-order chi connectivity index (χ1) is 27.1. The van der Waals surface area contributed by atoms with Crippen LogP contribution < -0.4 is 0 Å². The van der Waals surface area contributed by atoms with Crippen LogP contribution in [0.4, 0.5) is 0 Å². The van der Waals surface area contributed by atoms with Gasteiger partial charge in [0.15, 0.2) is 6.10 Å².